The Morgan fingerprint density at radius 2 is 1.76 bits per heavy atom. The summed E-state index contributed by atoms with van der Waals surface area (Å²) >= 11 is 0. The van der Waals surface area contributed by atoms with E-state index in [0.29, 0.717) is 6.07 Å². The van der Waals surface area contributed by atoms with E-state index in [4.69, 9.17) is 5.11 Å². The van der Waals surface area contributed by atoms with Crippen molar-refractivity contribution in [1.82, 2.24) is 4.90 Å². The van der Waals surface area contributed by atoms with E-state index in [1.54, 1.807) is 0 Å². The first-order valence-corrected chi connectivity index (χ1v) is 5.59. The van der Waals surface area contributed by atoms with E-state index in [0.717, 1.165) is 12.1 Å². The van der Waals surface area contributed by atoms with Gasteiger partial charge in [-0.15, -0.1) is 0 Å². The van der Waals surface area contributed by atoms with E-state index in [-0.39, 0.29) is 10.5 Å². The molecule has 0 bridgehead atoms. The second kappa shape index (κ2) is 6.51. The molecule has 0 heterocycles. The SMILES string of the molecule is O=C(O)CN(CC(F)(F)F)C(=O)Cc1ccc(F)c(F)c1. The number of aliphatic carboxylic acids is 1. The second-order valence-corrected chi connectivity index (χ2v) is 4.18. The van der Waals surface area contributed by atoms with Gasteiger partial charge in [-0.25, -0.2) is 8.78 Å². The van der Waals surface area contributed by atoms with Crippen molar-refractivity contribution in [2.45, 2.75) is 12.6 Å². The summed E-state index contributed by atoms with van der Waals surface area (Å²) in [6.07, 6.45) is -5.43. The quantitative estimate of drug-likeness (QED) is 0.846. The number of amides is 1. The van der Waals surface area contributed by atoms with Crippen LogP contribution in [0.25, 0.3) is 0 Å². The predicted octanol–water partition coefficient (Wildman–Crippen LogP) is 1.98. The van der Waals surface area contributed by atoms with Gasteiger partial charge in [0.1, 0.15) is 13.1 Å². The molecule has 21 heavy (non-hydrogen) atoms. The Hall–Kier alpha value is -2.19. The normalized spacial score (nSPS) is 11.3. The zero-order valence-electron chi connectivity index (χ0n) is 10.5. The average molecular weight is 311 g/mol. The molecular formula is C12H10F5NO3. The van der Waals surface area contributed by atoms with Crippen LogP contribution < -0.4 is 0 Å². The lowest BCUT2D eigenvalue weighted by atomic mass is 10.1. The number of halogens is 5. The molecule has 0 unspecified atom stereocenters. The highest BCUT2D eigenvalue weighted by Crippen LogP contribution is 2.17. The lowest BCUT2D eigenvalue weighted by Gasteiger charge is -2.22. The lowest BCUT2D eigenvalue weighted by molar-refractivity contribution is -0.165. The highest BCUT2D eigenvalue weighted by molar-refractivity contribution is 5.83. The number of carboxylic acid groups (broad SMARTS) is 1. The minimum Gasteiger partial charge on any atom is -0.480 e. The fraction of sp³-hybridized carbons (Fsp3) is 0.333. The first-order valence-electron chi connectivity index (χ1n) is 5.59. The zero-order chi connectivity index (χ0) is 16.2. The highest BCUT2D eigenvalue weighted by Gasteiger charge is 2.33. The van der Waals surface area contributed by atoms with Crippen molar-refractivity contribution in [3.8, 4) is 0 Å². The van der Waals surface area contributed by atoms with Crippen LogP contribution in [0.15, 0.2) is 18.2 Å². The van der Waals surface area contributed by atoms with E-state index < -0.39 is 49.2 Å². The van der Waals surface area contributed by atoms with E-state index >= 15 is 0 Å². The maximum absolute atomic E-state index is 12.9. The number of nitrogens with zero attached hydrogens (tertiary/aromatic N) is 1. The van der Waals surface area contributed by atoms with E-state index in [1.165, 1.54) is 0 Å². The van der Waals surface area contributed by atoms with Gasteiger partial charge in [-0.3, -0.25) is 9.59 Å². The first kappa shape index (κ1) is 16.9. The molecule has 1 aromatic rings. The van der Waals surface area contributed by atoms with Gasteiger partial charge in [0.2, 0.25) is 5.91 Å². The Labute approximate surface area is 115 Å². The number of hydrogen-bond donors (Lipinski definition) is 1. The van der Waals surface area contributed by atoms with Gasteiger partial charge in [-0.1, -0.05) is 6.07 Å². The van der Waals surface area contributed by atoms with Crippen LogP contribution in [0.4, 0.5) is 22.0 Å². The molecule has 0 saturated carbocycles. The second-order valence-electron chi connectivity index (χ2n) is 4.18. The summed E-state index contributed by atoms with van der Waals surface area (Å²) in [7, 11) is 0. The zero-order valence-corrected chi connectivity index (χ0v) is 10.5. The molecule has 9 heteroatoms. The predicted molar refractivity (Wildman–Crippen MR) is 60.3 cm³/mol. The monoisotopic (exact) mass is 311 g/mol. The largest absolute Gasteiger partial charge is 0.480 e. The number of carbonyl (C=O) groups is 2. The van der Waals surface area contributed by atoms with Crippen LogP contribution in [0.1, 0.15) is 5.56 Å². The van der Waals surface area contributed by atoms with Crippen LogP contribution in [0, 0.1) is 11.6 Å². The number of alkyl halides is 3. The lowest BCUT2D eigenvalue weighted by Crippen LogP contribution is -2.42. The molecule has 0 saturated heterocycles. The summed E-state index contributed by atoms with van der Waals surface area (Å²) in [4.78, 5) is 22.2. The average Bonchev–Trinajstić information content (AvgIpc) is 2.30. The minimum atomic E-state index is -4.76. The smallest absolute Gasteiger partial charge is 0.406 e. The third kappa shape index (κ3) is 5.76. The Bertz CT molecular complexity index is 544. The molecule has 0 aliphatic carbocycles. The van der Waals surface area contributed by atoms with Crippen molar-refractivity contribution >= 4 is 11.9 Å². The molecule has 0 spiro atoms. The van der Waals surface area contributed by atoms with Gasteiger partial charge in [0, 0.05) is 0 Å². The van der Waals surface area contributed by atoms with Crippen molar-refractivity contribution in [3.05, 3.63) is 35.4 Å². The number of rotatable bonds is 5. The van der Waals surface area contributed by atoms with Crippen LogP contribution in [-0.2, 0) is 16.0 Å². The van der Waals surface area contributed by atoms with Crippen LogP contribution >= 0.6 is 0 Å². The van der Waals surface area contributed by atoms with Gasteiger partial charge in [0.25, 0.3) is 0 Å². The van der Waals surface area contributed by atoms with Gasteiger partial charge in [0.05, 0.1) is 6.42 Å². The summed E-state index contributed by atoms with van der Waals surface area (Å²) < 4.78 is 62.5. The summed E-state index contributed by atoms with van der Waals surface area (Å²) in [5.41, 5.74) is -0.0588. The molecule has 0 radical (unpaired) electrons. The molecule has 0 atom stereocenters. The number of carbonyl (C=O) groups excluding carboxylic acids is 1. The van der Waals surface area contributed by atoms with Crippen LogP contribution in [0.5, 0.6) is 0 Å². The van der Waals surface area contributed by atoms with Crippen LogP contribution in [0.3, 0.4) is 0 Å². The minimum absolute atomic E-state index is 0.0588. The van der Waals surface area contributed by atoms with Gasteiger partial charge in [-0.2, -0.15) is 13.2 Å². The fourth-order valence-corrected chi connectivity index (χ4v) is 1.55. The van der Waals surface area contributed by atoms with Gasteiger partial charge in [-0.05, 0) is 17.7 Å². The molecule has 4 nitrogen and oxygen atoms in total. The van der Waals surface area contributed by atoms with Crippen LogP contribution in [-0.4, -0.2) is 41.1 Å². The number of carboxylic acids is 1. The molecule has 116 valence electrons. The Balaban J connectivity index is 2.84. The van der Waals surface area contributed by atoms with Crippen LogP contribution in [0.2, 0.25) is 0 Å². The molecule has 0 aliphatic heterocycles. The summed E-state index contributed by atoms with van der Waals surface area (Å²) in [6.45, 7) is -2.87. The third-order valence-electron chi connectivity index (χ3n) is 2.39. The maximum Gasteiger partial charge on any atom is 0.406 e. The molecule has 0 aliphatic rings. The number of benzene rings is 1. The Morgan fingerprint density at radius 3 is 2.24 bits per heavy atom. The molecule has 1 N–H and O–H groups in total. The molecular weight excluding hydrogens is 301 g/mol. The van der Waals surface area contributed by atoms with Crippen molar-refractivity contribution in [2.24, 2.45) is 0 Å². The summed E-state index contributed by atoms with van der Waals surface area (Å²) in [6, 6.07) is 2.42. The summed E-state index contributed by atoms with van der Waals surface area (Å²) in [5, 5.41) is 8.51. The topological polar surface area (TPSA) is 57.6 Å². The van der Waals surface area contributed by atoms with E-state index in [9.17, 15) is 31.5 Å². The van der Waals surface area contributed by atoms with Crippen molar-refractivity contribution in [3.63, 3.8) is 0 Å². The van der Waals surface area contributed by atoms with Gasteiger partial charge in [0.15, 0.2) is 11.6 Å². The highest BCUT2D eigenvalue weighted by atomic mass is 19.4. The molecule has 0 aromatic heterocycles. The first-order chi connectivity index (χ1) is 9.58. The summed E-state index contributed by atoms with van der Waals surface area (Å²) in [5.74, 6) is -5.18. The standard InChI is InChI=1S/C12H10F5NO3/c13-8-2-1-7(3-9(8)14)4-10(19)18(5-11(20)21)6-12(15,16)17/h1-3H,4-6H2,(H,20,21). The Kier molecular flexibility index (Phi) is 5.23. The van der Waals surface area contributed by atoms with Crippen molar-refractivity contribution in [1.29, 1.82) is 0 Å². The maximum atomic E-state index is 12.9. The molecule has 1 amide bonds. The number of hydrogen-bond acceptors (Lipinski definition) is 2. The van der Waals surface area contributed by atoms with Gasteiger partial charge >= 0.3 is 12.1 Å². The molecule has 1 aromatic carbocycles. The van der Waals surface area contributed by atoms with E-state index in [1.807, 2.05) is 0 Å². The fourth-order valence-electron chi connectivity index (χ4n) is 1.55. The van der Waals surface area contributed by atoms with Crippen molar-refractivity contribution in [2.75, 3.05) is 13.1 Å². The Morgan fingerprint density at radius 1 is 1.14 bits per heavy atom. The van der Waals surface area contributed by atoms with Crippen molar-refractivity contribution < 1.29 is 36.6 Å². The molecule has 1 rings (SSSR count). The van der Waals surface area contributed by atoms with E-state index in [2.05, 4.69) is 0 Å². The third-order valence-corrected chi connectivity index (χ3v) is 2.39. The van der Waals surface area contributed by atoms with Gasteiger partial charge < -0.3 is 10.0 Å². The molecule has 0 fully saturated rings.